The van der Waals surface area contributed by atoms with Gasteiger partial charge in [0.25, 0.3) is 0 Å². The van der Waals surface area contributed by atoms with Crippen molar-refractivity contribution in [2.75, 3.05) is 6.54 Å². The largest absolute Gasteiger partial charge is 0.330 e. The zero-order valence-electron chi connectivity index (χ0n) is 8.59. The SMILES string of the molecule is Cc1cc2nc(CCCN)sc2cc1Br. The number of nitrogens with zero attached hydrogens (tertiary/aromatic N) is 1. The second-order valence-corrected chi connectivity index (χ2v) is 5.54. The van der Waals surface area contributed by atoms with Gasteiger partial charge in [0.2, 0.25) is 0 Å². The number of hydrogen-bond acceptors (Lipinski definition) is 3. The summed E-state index contributed by atoms with van der Waals surface area (Å²) in [5.74, 6) is 0. The smallest absolute Gasteiger partial charge is 0.0939 e. The number of thiazole rings is 1. The second kappa shape index (κ2) is 4.60. The lowest BCUT2D eigenvalue weighted by Gasteiger charge is -1.95. The summed E-state index contributed by atoms with van der Waals surface area (Å²) >= 11 is 5.30. The normalized spacial score (nSPS) is 11.1. The van der Waals surface area contributed by atoms with E-state index in [2.05, 4.69) is 40.0 Å². The van der Waals surface area contributed by atoms with E-state index in [4.69, 9.17) is 5.73 Å². The third-order valence-corrected chi connectivity index (χ3v) is 4.24. The molecule has 0 fully saturated rings. The Morgan fingerprint density at radius 1 is 1.47 bits per heavy atom. The standard InChI is InChI=1S/C11H13BrN2S/c1-7-5-9-10(6-8(7)12)15-11(14-9)3-2-4-13/h5-6H,2-4,13H2,1H3. The van der Waals surface area contributed by atoms with E-state index in [0.29, 0.717) is 0 Å². The van der Waals surface area contributed by atoms with Gasteiger partial charge in [-0.2, -0.15) is 0 Å². The summed E-state index contributed by atoms with van der Waals surface area (Å²) in [7, 11) is 0. The molecule has 80 valence electrons. The maximum Gasteiger partial charge on any atom is 0.0939 e. The lowest BCUT2D eigenvalue weighted by Crippen LogP contribution is -1.99. The Bertz CT molecular complexity index is 440. The van der Waals surface area contributed by atoms with E-state index in [-0.39, 0.29) is 0 Å². The Kier molecular flexibility index (Phi) is 3.38. The third-order valence-electron chi connectivity index (χ3n) is 2.31. The molecule has 0 saturated carbocycles. The number of benzene rings is 1. The van der Waals surface area contributed by atoms with Crippen LogP contribution in [0.15, 0.2) is 16.6 Å². The minimum Gasteiger partial charge on any atom is -0.330 e. The molecular formula is C11H13BrN2S. The number of aryl methyl sites for hydroxylation is 2. The zero-order valence-corrected chi connectivity index (χ0v) is 11.0. The fraction of sp³-hybridized carbons (Fsp3) is 0.364. The summed E-state index contributed by atoms with van der Waals surface area (Å²) in [5, 5.41) is 1.19. The highest BCUT2D eigenvalue weighted by Gasteiger charge is 2.05. The number of halogens is 1. The van der Waals surface area contributed by atoms with E-state index in [1.54, 1.807) is 11.3 Å². The highest BCUT2D eigenvalue weighted by atomic mass is 79.9. The number of hydrogen-bond donors (Lipinski definition) is 1. The van der Waals surface area contributed by atoms with Crippen LogP contribution in [0.25, 0.3) is 10.2 Å². The van der Waals surface area contributed by atoms with Crippen molar-refractivity contribution in [2.24, 2.45) is 5.73 Å². The van der Waals surface area contributed by atoms with Crippen molar-refractivity contribution in [1.82, 2.24) is 4.98 Å². The monoisotopic (exact) mass is 284 g/mol. The first-order valence-electron chi connectivity index (χ1n) is 4.96. The fourth-order valence-electron chi connectivity index (χ4n) is 1.46. The van der Waals surface area contributed by atoms with Crippen LogP contribution >= 0.6 is 27.3 Å². The first-order chi connectivity index (χ1) is 7.20. The first-order valence-corrected chi connectivity index (χ1v) is 6.57. The minimum absolute atomic E-state index is 0.735. The highest BCUT2D eigenvalue weighted by Crippen LogP contribution is 2.28. The molecule has 1 heterocycles. The summed E-state index contributed by atoms with van der Waals surface area (Å²) in [6.45, 7) is 2.82. The van der Waals surface area contributed by atoms with E-state index >= 15 is 0 Å². The highest BCUT2D eigenvalue weighted by molar-refractivity contribution is 9.10. The van der Waals surface area contributed by atoms with Gasteiger partial charge in [0.05, 0.1) is 15.2 Å². The average molecular weight is 285 g/mol. The molecule has 0 bridgehead atoms. The molecule has 0 aliphatic carbocycles. The molecule has 15 heavy (non-hydrogen) atoms. The van der Waals surface area contributed by atoms with Crippen molar-refractivity contribution >= 4 is 37.5 Å². The van der Waals surface area contributed by atoms with E-state index in [1.807, 2.05) is 0 Å². The number of nitrogens with two attached hydrogens (primary N) is 1. The van der Waals surface area contributed by atoms with Gasteiger partial charge in [-0.25, -0.2) is 4.98 Å². The molecule has 2 nitrogen and oxygen atoms in total. The fourth-order valence-corrected chi connectivity index (χ4v) is 2.99. The van der Waals surface area contributed by atoms with Crippen LogP contribution < -0.4 is 5.73 Å². The van der Waals surface area contributed by atoms with Gasteiger partial charge in [0, 0.05) is 10.9 Å². The van der Waals surface area contributed by atoms with E-state index in [9.17, 15) is 0 Å². The average Bonchev–Trinajstić information content (AvgIpc) is 2.58. The van der Waals surface area contributed by atoms with Gasteiger partial charge >= 0.3 is 0 Å². The molecule has 0 spiro atoms. The van der Waals surface area contributed by atoms with Crippen LogP contribution in [-0.2, 0) is 6.42 Å². The molecule has 0 atom stereocenters. The van der Waals surface area contributed by atoms with E-state index in [1.165, 1.54) is 15.3 Å². The lowest BCUT2D eigenvalue weighted by molar-refractivity contribution is 0.828. The second-order valence-electron chi connectivity index (χ2n) is 3.57. The van der Waals surface area contributed by atoms with Crippen molar-refractivity contribution in [3.8, 4) is 0 Å². The summed E-state index contributed by atoms with van der Waals surface area (Å²) in [6, 6.07) is 4.27. The van der Waals surface area contributed by atoms with Crippen LogP contribution in [0.5, 0.6) is 0 Å². The molecule has 4 heteroatoms. The minimum atomic E-state index is 0.735. The number of rotatable bonds is 3. The molecule has 2 N–H and O–H groups in total. The van der Waals surface area contributed by atoms with Gasteiger partial charge in [-0.15, -0.1) is 11.3 Å². The van der Waals surface area contributed by atoms with Crippen LogP contribution in [-0.4, -0.2) is 11.5 Å². The van der Waals surface area contributed by atoms with Crippen LogP contribution in [0.1, 0.15) is 17.0 Å². The van der Waals surface area contributed by atoms with Crippen LogP contribution in [0.4, 0.5) is 0 Å². The first kappa shape index (κ1) is 11.0. The van der Waals surface area contributed by atoms with Crippen LogP contribution in [0.2, 0.25) is 0 Å². The van der Waals surface area contributed by atoms with Gasteiger partial charge in [-0.3, -0.25) is 0 Å². The molecule has 0 aliphatic rings. The molecular weight excluding hydrogens is 272 g/mol. The maximum atomic E-state index is 5.49. The predicted molar refractivity (Wildman–Crippen MR) is 69.4 cm³/mol. The van der Waals surface area contributed by atoms with Gasteiger partial charge < -0.3 is 5.73 Å². The van der Waals surface area contributed by atoms with Gasteiger partial charge in [0.1, 0.15) is 0 Å². The molecule has 2 aromatic rings. The molecule has 0 aliphatic heterocycles. The molecule has 0 amide bonds. The molecule has 0 radical (unpaired) electrons. The summed E-state index contributed by atoms with van der Waals surface area (Å²) < 4.78 is 2.41. The number of fused-ring (bicyclic) bond motifs is 1. The molecule has 2 rings (SSSR count). The Morgan fingerprint density at radius 2 is 2.27 bits per heavy atom. The van der Waals surface area contributed by atoms with Crippen LogP contribution in [0.3, 0.4) is 0 Å². The Balaban J connectivity index is 2.38. The topological polar surface area (TPSA) is 38.9 Å². The predicted octanol–water partition coefficient (Wildman–Crippen LogP) is 3.26. The van der Waals surface area contributed by atoms with Crippen LogP contribution in [0, 0.1) is 6.92 Å². The van der Waals surface area contributed by atoms with Crippen molar-refractivity contribution in [1.29, 1.82) is 0 Å². The van der Waals surface area contributed by atoms with Crippen molar-refractivity contribution in [3.63, 3.8) is 0 Å². The number of aromatic nitrogens is 1. The summed E-state index contributed by atoms with van der Waals surface area (Å²) in [4.78, 5) is 4.59. The van der Waals surface area contributed by atoms with Crippen molar-refractivity contribution in [3.05, 3.63) is 27.2 Å². The van der Waals surface area contributed by atoms with Gasteiger partial charge in [0.15, 0.2) is 0 Å². The third kappa shape index (κ3) is 2.38. The van der Waals surface area contributed by atoms with Crippen molar-refractivity contribution in [2.45, 2.75) is 19.8 Å². The molecule has 1 aromatic carbocycles. The maximum absolute atomic E-state index is 5.49. The Labute approximate surface area is 102 Å². The van der Waals surface area contributed by atoms with Gasteiger partial charge in [-0.1, -0.05) is 15.9 Å². The molecule has 0 unspecified atom stereocenters. The Hall–Kier alpha value is -0.450. The molecule has 0 saturated heterocycles. The van der Waals surface area contributed by atoms with Gasteiger partial charge in [-0.05, 0) is 37.6 Å². The van der Waals surface area contributed by atoms with Crippen molar-refractivity contribution < 1.29 is 0 Å². The quantitative estimate of drug-likeness (QED) is 0.940. The lowest BCUT2D eigenvalue weighted by atomic mass is 10.2. The molecule has 1 aromatic heterocycles. The van der Waals surface area contributed by atoms with E-state index < -0.39 is 0 Å². The summed E-state index contributed by atoms with van der Waals surface area (Å²) in [6.07, 6.45) is 2.01. The van der Waals surface area contributed by atoms with E-state index in [0.717, 1.165) is 29.4 Å². The Morgan fingerprint density at radius 3 is 3.00 bits per heavy atom. The zero-order chi connectivity index (χ0) is 10.8. The summed E-state index contributed by atoms with van der Waals surface area (Å²) in [5.41, 5.74) is 7.83.